The molecule has 0 saturated carbocycles. The summed E-state index contributed by atoms with van der Waals surface area (Å²) in [6, 6.07) is 22.6. The van der Waals surface area contributed by atoms with E-state index in [1.807, 2.05) is 41.3 Å². The van der Waals surface area contributed by atoms with Gasteiger partial charge >= 0.3 is 0 Å². The van der Waals surface area contributed by atoms with Gasteiger partial charge < -0.3 is 9.80 Å². The normalized spacial score (nSPS) is 15.4. The predicted molar refractivity (Wildman–Crippen MR) is 114 cm³/mol. The second-order valence-corrected chi connectivity index (χ2v) is 7.26. The SMILES string of the molecule is CCN(Cc1ccccc1)c1ccnc(C(=O)N2c3ccccc3CC2C)c1. The second-order valence-electron chi connectivity index (χ2n) is 7.26. The highest BCUT2D eigenvalue weighted by Crippen LogP contribution is 2.33. The number of fused-ring (bicyclic) bond motifs is 1. The van der Waals surface area contributed by atoms with E-state index in [0.717, 1.165) is 30.9 Å². The summed E-state index contributed by atoms with van der Waals surface area (Å²) in [5, 5.41) is 0. The number of amides is 1. The lowest BCUT2D eigenvalue weighted by molar-refractivity contribution is 0.0976. The number of hydrogen-bond donors (Lipinski definition) is 0. The van der Waals surface area contributed by atoms with Crippen molar-refractivity contribution in [2.24, 2.45) is 0 Å². The molecular weight excluding hydrogens is 346 g/mol. The highest BCUT2D eigenvalue weighted by molar-refractivity contribution is 6.07. The number of benzene rings is 2. The van der Waals surface area contributed by atoms with Gasteiger partial charge in [-0.15, -0.1) is 0 Å². The van der Waals surface area contributed by atoms with Gasteiger partial charge in [0.1, 0.15) is 5.69 Å². The van der Waals surface area contributed by atoms with Gasteiger partial charge in [0, 0.05) is 36.7 Å². The van der Waals surface area contributed by atoms with Gasteiger partial charge in [-0.3, -0.25) is 9.78 Å². The average Bonchev–Trinajstić information content (AvgIpc) is 3.08. The van der Waals surface area contributed by atoms with Gasteiger partial charge in [-0.05, 0) is 49.6 Å². The third-order valence-corrected chi connectivity index (χ3v) is 5.35. The first-order valence-corrected chi connectivity index (χ1v) is 9.83. The smallest absolute Gasteiger partial charge is 0.277 e. The number of carbonyl (C=O) groups excluding carboxylic acids is 1. The Morgan fingerprint density at radius 2 is 1.86 bits per heavy atom. The van der Waals surface area contributed by atoms with Crippen molar-refractivity contribution in [3.63, 3.8) is 0 Å². The van der Waals surface area contributed by atoms with Gasteiger partial charge in [0.15, 0.2) is 0 Å². The maximum absolute atomic E-state index is 13.3. The van der Waals surface area contributed by atoms with E-state index in [2.05, 4.69) is 54.1 Å². The first-order chi connectivity index (χ1) is 13.7. The third kappa shape index (κ3) is 3.50. The molecule has 1 aliphatic heterocycles. The van der Waals surface area contributed by atoms with Crippen molar-refractivity contribution in [3.8, 4) is 0 Å². The fourth-order valence-electron chi connectivity index (χ4n) is 3.92. The van der Waals surface area contributed by atoms with E-state index in [9.17, 15) is 4.79 Å². The Hall–Kier alpha value is -3.14. The Kier molecular flexibility index (Phi) is 5.11. The minimum atomic E-state index is -0.0323. The largest absolute Gasteiger partial charge is 0.367 e. The molecule has 1 aromatic heterocycles. The molecule has 0 bridgehead atoms. The van der Waals surface area contributed by atoms with Gasteiger partial charge in [0.05, 0.1) is 0 Å². The Morgan fingerprint density at radius 1 is 1.11 bits per heavy atom. The van der Waals surface area contributed by atoms with E-state index >= 15 is 0 Å². The standard InChI is InChI=1S/C24H25N3O/c1-3-26(17-19-9-5-4-6-10-19)21-13-14-25-22(16-21)24(28)27-18(2)15-20-11-7-8-12-23(20)27/h4-14,16,18H,3,15,17H2,1-2H3. The molecule has 2 heterocycles. The number of pyridine rings is 1. The molecule has 4 heteroatoms. The van der Waals surface area contributed by atoms with Crippen LogP contribution in [0.2, 0.25) is 0 Å². The monoisotopic (exact) mass is 371 g/mol. The Balaban J connectivity index is 1.60. The molecule has 0 fully saturated rings. The number of nitrogens with zero attached hydrogens (tertiary/aromatic N) is 3. The zero-order valence-electron chi connectivity index (χ0n) is 16.4. The molecule has 142 valence electrons. The van der Waals surface area contributed by atoms with Crippen LogP contribution < -0.4 is 9.80 Å². The molecular formula is C24H25N3O. The van der Waals surface area contributed by atoms with Crippen LogP contribution in [0.15, 0.2) is 72.9 Å². The van der Waals surface area contributed by atoms with E-state index in [-0.39, 0.29) is 11.9 Å². The first kappa shape index (κ1) is 18.2. The van der Waals surface area contributed by atoms with E-state index in [1.165, 1.54) is 11.1 Å². The lowest BCUT2D eigenvalue weighted by Gasteiger charge is -2.25. The van der Waals surface area contributed by atoms with Crippen LogP contribution in [-0.2, 0) is 13.0 Å². The number of para-hydroxylation sites is 1. The van der Waals surface area contributed by atoms with Gasteiger partial charge in [0.25, 0.3) is 5.91 Å². The summed E-state index contributed by atoms with van der Waals surface area (Å²) in [7, 11) is 0. The number of aromatic nitrogens is 1. The van der Waals surface area contributed by atoms with Crippen LogP contribution >= 0.6 is 0 Å². The van der Waals surface area contributed by atoms with E-state index < -0.39 is 0 Å². The fourth-order valence-corrected chi connectivity index (χ4v) is 3.92. The zero-order chi connectivity index (χ0) is 19.5. The van der Waals surface area contributed by atoms with Crippen LogP contribution in [0.4, 0.5) is 11.4 Å². The lowest BCUT2D eigenvalue weighted by Crippen LogP contribution is -2.36. The summed E-state index contributed by atoms with van der Waals surface area (Å²) in [6.07, 6.45) is 2.62. The molecule has 0 spiro atoms. The molecule has 2 aromatic carbocycles. The van der Waals surface area contributed by atoms with Crippen molar-refractivity contribution in [2.75, 3.05) is 16.3 Å². The van der Waals surface area contributed by atoms with Crippen LogP contribution in [0.25, 0.3) is 0 Å². The molecule has 1 aliphatic rings. The molecule has 3 aromatic rings. The van der Waals surface area contributed by atoms with Crippen molar-refractivity contribution in [1.29, 1.82) is 0 Å². The highest BCUT2D eigenvalue weighted by Gasteiger charge is 2.32. The van der Waals surface area contributed by atoms with Crippen molar-refractivity contribution >= 4 is 17.3 Å². The summed E-state index contributed by atoms with van der Waals surface area (Å²) < 4.78 is 0. The Morgan fingerprint density at radius 3 is 2.64 bits per heavy atom. The zero-order valence-corrected chi connectivity index (χ0v) is 16.4. The van der Waals surface area contributed by atoms with Crippen molar-refractivity contribution in [2.45, 2.75) is 32.9 Å². The number of carbonyl (C=O) groups is 1. The number of rotatable bonds is 5. The van der Waals surface area contributed by atoms with Gasteiger partial charge in [0.2, 0.25) is 0 Å². The molecule has 1 atom stereocenters. The third-order valence-electron chi connectivity index (χ3n) is 5.35. The van der Waals surface area contributed by atoms with Crippen LogP contribution in [-0.4, -0.2) is 23.5 Å². The average molecular weight is 371 g/mol. The van der Waals surface area contributed by atoms with Gasteiger partial charge in [-0.25, -0.2) is 0 Å². The predicted octanol–water partition coefficient (Wildman–Crippen LogP) is 4.70. The minimum absolute atomic E-state index is 0.0323. The molecule has 1 unspecified atom stereocenters. The van der Waals surface area contributed by atoms with Crippen LogP contribution in [0, 0.1) is 0 Å². The quantitative estimate of drug-likeness (QED) is 0.652. The fraction of sp³-hybridized carbons (Fsp3) is 0.250. The summed E-state index contributed by atoms with van der Waals surface area (Å²) in [6.45, 7) is 5.88. The van der Waals surface area contributed by atoms with E-state index in [0.29, 0.717) is 5.69 Å². The molecule has 4 rings (SSSR count). The Bertz CT molecular complexity index is 970. The second kappa shape index (κ2) is 7.85. The topological polar surface area (TPSA) is 36.4 Å². The van der Waals surface area contributed by atoms with Crippen LogP contribution in [0.3, 0.4) is 0 Å². The van der Waals surface area contributed by atoms with Gasteiger partial charge in [-0.2, -0.15) is 0 Å². The lowest BCUT2D eigenvalue weighted by atomic mass is 10.1. The molecule has 1 amide bonds. The first-order valence-electron chi connectivity index (χ1n) is 9.83. The molecule has 0 radical (unpaired) electrons. The summed E-state index contributed by atoms with van der Waals surface area (Å²) in [4.78, 5) is 21.8. The van der Waals surface area contributed by atoms with Crippen LogP contribution in [0.1, 0.15) is 35.5 Å². The minimum Gasteiger partial charge on any atom is -0.367 e. The molecule has 28 heavy (non-hydrogen) atoms. The number of anilines is 2. The highest BCUT2D eigenvalue weighted by atomic mass is 16.2. The maximum Gasteiger partial charge on any atom is 0.277 e. The Labute approximate surface area is 166 Å². The van der Waals surface area contributed by atoms with Crippen LogP contribution in [0.5, 0.6) is 0 Å². The summed E-state index contributed by atoms with van der Waals surface area (Å²) in [5.74, 6) is -0.0323. The maximum atomic E-state index is 13.3. The molecule has 0 N–H and O–H groups in total. The van der Waals surface area contributed by atoms with Crippen molar-refractivity contribution in [3.05, 3.63) is 89.7 Å². The molecule has 0 aliphatic carbocycles. The molecule has 0 saturated heterocycles. The number of hydrogen-bond acceptors (Lipinski definition) is 3. The van der Waals surface area contributed by atoms with Gasteiger partial charge in [-0.1, -0.05) is 48.5 Å². The molecule has 4 nitrogen and oxygen atoms in total. The summed E-state index contributed by atoms with van der Waals surface area (Å²) in [5.41, 5.74) is 4.98. The van der Waals surface area contributed by atoms with Crippen molar-refractivity contribution in [1.82, 2.24) is 4.98 Å². The van der Waals surface area contributed by atoms with E-state index in [4.69, 9.17) is 0 Å². The summed E-state index contributed by atoms with van der Waals surface area (Å²) >= 11 is 0. The van der Waals surface area contributed by atoms with Crippen molar-refractivity contribution < 1.29 is 4.79 Å². The van der Waals surface area contributed by atoms with E-state index in [1.54, 1.807) is 6.20 Å².